The molecule has 0 aliphatic heterocycles. The van der Waals surface area contributed by atoms with Crippen LogP contribution in [0.1, 0.15) is 175 Å². The van der Waals surface area contributed by atoms with Gasteiger partial charge in [-0.1, -0.05) is 143 Å². The summed E-state index contributed by atoms with van der Waals surface area (Å²) in [6.45, 7) is 10.1. The minimum Gasteiger partial charge on any atom is -0.502 e. The van der Waals surface area contributed by atoms with Gasteiger partial charge in [-0.05, 0) is 32.1 Å². The first-order valence-electron chi connectivity index (χ1n) is 18.2. The molecular formula is C37H66O7. The second-order valence-electron chi connectivity index (χ2n) is 12.2. The van der Waals surface area contributed by atoms with Crippen molar-refractivity contribution in [3.8, 4) is 28.7 Å². The molecule has 0 saturated carbocycles. The zero-order chi connectivity index (χ0) is 32.3. The summed E-state index contributed by atoms with van der Waals surface area (Å²) in [5, 5.41) is 21.1. The molecule has 0 aromatic heterocycles. The van der Waals surface area contributed by atoms with E-state index in [-0.39, 0.29) is 17.2 Å². The van der Waals surface area contributed by atoms with Crippen LogP contribution < -0.4 is 18.9 Å². The van der Waals surface area contributed by atoms with Gasteiger partial charge in [-0.2, -0.15) is 0 Å². The molecule has 0 saturated heterocycles. The van der Waals surface area contributed by atoms with E-state index in [1.54, 1.807) is 0 Å². The molecule has 0 radical (unpaired) electrons. The van der Waals surface area contributed by atoms with E-state index >= 15 is 0 Å². The molecule has 0 fully saturated rings. The molecule has 1 rings (SSSR count). The topological polar surface area (TPSA) is 94.5 Å². The Kier molecular flexibility index (Phi) is 24.4. The van der Waals surface area contributed by atoms with Gasteiger partial charge >= 0.3 is 6.16 Å². The SMILES string of the molecule is CCCCCCCCOc1c(O)c(OC(=O)O)c(CCCCCC)c(OCCCCCCCC)c1OCCCCCCCC. The van der Waals surface area contributed by atoms with Gasteiger partial charge in [0.2, 0.25) is 17.2 Å². The van der Waals surface area contributed by atoms with Gasteiger partial charge in [0.25, 0.3) is 0 Å². The molecular weight excluding hydrogens is 556 g/mol. The van der Waals surface area contributed by atoms with Gasteiger partial charge in [0.1, 0.15) is 0 Å². The van der Waals surface area contributed by atoms with Crippen LogP contribution in [0.2, 0.25) is 0 Å². The van der Waals surface area contributed by atoms with E-state index in [1.807, 2.05) is 0 Å². The highest BCUT2D eigenvalue weighted by atomic mass is 16.7. The van der Waals surface area contributed by atoms with E-state index in [0.717, 1.165) is 77.0 Å². The van der Waals surface area contributed by atoms with Crippen LogP contribution >= 0.6 is 0 Å². The lowest BCUT2D eigenvalue weighted by Crippen LogP contribution is -2.12. The Labute approximate surface area is 269 Å². The summed E-state index contributed by atoms with van der Waals surface area (Å²) in [6, 6.07) is 0. The van der Waals surface area contributed by atoms with E-state index < -0.39 is 6.16 Å². The van der Waals surface area contributed by atoms with Gasteiger partial charge < -0.3 is 29.2 Å². The van der Waals surface area contributed by atoms with E-state index in [9.17, 15) is 15.0 Å². The average Bonchev–Trinajstić information content (AvgIpc) is 3.01. The number of phenolic OH excluding ortho intramolecular Hbond substituents is 1. The number of benzene rings is 1. The summed E-state index contributed by atoms with van der Waals surface area (Å²) in [4.78, 5) is 11.8. The third-order valence-corrected chi connectivity index (χ3v) is 8.09. The minimum atomic E-state index is -1.47. The van der Waals surface area contributed by atoms with Crippen LogP contribution in [-0.2, 0) is 6.42 Å². The molecule has 0 aliphatic carbocycles. The van der Waals surface area contributed by atoms with Gasteiger partial charge in [0, 0.05) is 5.56 Å². The fourth-order valence-corrected chi connectivity index (χ4v) is 5.44. The van der Waals surface area contributed by atoms with Crippen LogP contribution in [0.4, 0.5) is 4.79 Å². The van der Waals surface area contributed by atoms with Crippen molar-refractivity contribution in [1.82, 2.24) is 0 Å². The highest BCUT2D eigenvalue weighted by Crippen LogP contribution is 2.54. The van der Waals surface area contributed by atoms with Crippen molar-refractivity contribution >= 4 is 6.16 Å². The monoisotopic (exact) mass is 622 g/mol. The number of aromatic hydroxyl groups is 1. The predicted octanol–water partition coefficient (Wildman–Crippen LogP) is 11.8. The summed E-state index contributed by atoms with van der Waals surface area (Å²) in [6.07, 6.45) is 23.2. The Bertz CT molecular complexity index is 855. The number of rotatable bonds is 30. The standard InChI is InChI=1S/C37H66O7/c1-5-9-13-17-20-24-28-41-34-31(27-23-16-12-8-4)33(44-37(39)40)32(38)35(42-29-25-21-18-14-10-6-2)36(34)43-30-26-22-19-15-11-7-3/h38H,5-30H2,1-4H3,(H,39,40). The van der Waals surface area contributed by atoms with Crippen molar-refractivity contribution in [1.29, 1.82) is 0 Å². The Morgan fingerprint density at radius 2 is 0.841 bits per heavy atom. The van der Waals surface area contributed by atoms with Gasteiger partial charge in [-0.15, -0.1) is 0 Å². The highest BCUT2D eigenvalue weighted by molar-refractivity contribution is 5.73. The molecule has 1 aromatic carbocycles. The number of ether oxygens (including phenoxy) is 4. The fourth-order valence-electron chi connectivity index (χ4n) is 5.44. The number of phenols is 1. The first-order chi connectivity index (χ1) is 21.5. The third kappa shape index (κ3) is 17.2. The first kappa shape index (κ1) is 39.7. The van der Waals surface area contributed by atoms with Crippen LogP contribution in [0.3, 0.4) is 0 Å². The summed E-state index contributed by atoms with van der Waals surface area (Å²) in [5.74, 6) is 0.589. The van der Waals surface area contributed by atoms with Crippen LogP contribution in [0.25, 0.3) is 0 Å². The zero-order valence-electron chi connectivity index (χ0n) is 28.8. The molecule has 44 heavy (non-hydrogen) atoms. The second-order valence-corrected chi connectivity index (χ2v) is 12.2. The molecule has 0 spiro atoms. The molecule has 256 valence electrons. The highest BCUT2D eigenvalue weighted by Gasteiger charge is 2.30. The molecule has 1 aromatic rings. The zero-order valence-corrected chi connectivity index (χ0v) is 28.8. The van der Waals surface area contributed by atoms with Gasteiger partial charge in [-0.3, -0.25) is 0 Å². The van der Waals surface area contributed by atoms with Gasteiger partial charge in [-0.25, -0.2) is 4.79 Å². The van der Waals surface area contributed by atoms with Crippen molar-refractivity contribution in [3.63, 3.8) is 0 Å². The van der Waals surface area contributed by atoms with E-state index in [4.69, 9.17) is 18.9 Å². The Morgan fingerprint density at radius 1 is 0.477 bits per heavy atom. The molecule has 2 N–H and O–H groups in total. The largest absolute Gasteiger partial charge is 0.511 e. The Morgan fingerprint density at radius 3 is 1.27 bits per heavy atom. The number of unbranched alkanes of at least 4 members (excludes halogenated alkanes) is 18. The van der Waals surface area contributed by atoms with Crippen molar-refractivity contribution < 1.29 is 34.0 Å². The lowest BCUT2D eigenvalue weighted by atomic mass is 10.0. The Hall–Kier alpha value is -2.31. The molecule has 7 nitrogen and oxygen atoms in total. The molecule has 0 amide bonds. The molecule has 0 heterocycles. The summed E-state index contributed by atoms with van der Waals surface area (Å²) in [5.41, 5.74) is 0.553. The lowest BCUT2D eigenvalue weighted by Gasteiger charge is -2.23. The van der Waals surface area contributed by atoms with Crippen molar-refractivity contribution in [3.05, 3.63) is 5.56 Å². The smallest absolute Gasteiger partial charge is 0.502 e. The fraction of sp³-hybridized carbons (Fsp3) is 0.811. The van der Waals surface area contributed by atoms with Crippen LogP contribution in [0.5, 0.6) is 28.7 Å². The van der Waals surface area contributed by atoms with Gasteiger partial charge in [0.05, 0.1) is 19.8 Å². The van der Waals surface area contributed by atoms with Crippen LogP contribution in [-0.4, -0.2) is 36.2 Å². The number of carboxylic acid groups (broad SMARTS) is 1. The number of hydrogen-bond donors (Lipinski definition) is 2. The average molecular weight is 623 g/mol. The van der Waals surface area contributed by atoms with Gasteiger partial charge in [0.15, 0.2) is 11.5 Å². The quantitative estimate of drug-likeness (QED) is 0.0500. The predicted molar refractivity (Wildman–Crippen MR) is 181 cm³/mol. The normalized spacial score (nSPS) is 11.1. The minimum absolute atomic E-state index is 0.0863. The maximum atomic E-state index is 11.8. The maximum absolute atomic E-state index is 11.8. The number of hydrogen-bond acceptors (Lipinski definition) is 6. The third-order valence-electron chi connectivity index (χ3n) is 8.09. The molecule has 0 aliphatic rings. The molecule has 0 unspecified atom stereocenters. The van der Waals surface area contributed by atoms with E-state index in [2.05, 4.69) is 27.7 Å². The second kappa shape index (κ2) is 27.0. The lowest BCUT2D eigenvalue weighted by molar-refractivity contribution is 0.141. The van der Waals surface area contributed by atoms with Crippen LogP contribution in [0.15, 0.2) is 0 Å². The summed E-state index contributed by atoms with van der Waals surface area (Å²) >= 11 is 0. The number of carbonyl (C=O) groups is 1. The summed E-state index contributed by atoms with van der Waals surface area (Å²) in [7, 11) is 0. The van der Waals surface area contributed by atoms with Crippen molar-refractivity contribution in [2.45, 2.75) is 175 Å². The molecule has 0 atom stereocenters. The first-order valence-corrected chi connectivity index (χ1v) is 18.2. The maximum Gasteiger partial charge on any atom is 0.511 e. The molecule has 0 bridgehead atoms. The van der Waals surface area contributed by atoms with Crippen molar-refractivity contribution in [2.24, 2.45) is 0 Å². The molecule has 7 heteroatoms. The van der Waals surface area contributed by atoms with Crippen LogP contribution in [0, 0.1) is 0 Å². The summed E-state index contributed by atoms with van der Waals surface area (Å²) < 4.78 is 24.3. The van der Waals surface area contributed by atoms with E-state index in [0.29, 0.717) is 43.3 Å². The van der Waals surface area contributed by atoms with E-state index in [1.165, 1.54) is 64.2 Å². The Balaban J connectivity index is 3.33. The van der Waals surface area contributed by atoms with Crippen molar-refractivity contribution in [2.75, 3.05) is 19.8 Å².